The summed E-state index contributed by atoms with van der Waals surface area (Å²) in [6, 6.07) is 30.4. The lowest BCUT2D eigenvalue weighted by Crippen LogP contribution is -2.23. The Balaban J connectivity index is 1.10. The minimum absolute atomic E-state index is 0.204. The van der Waals surface area contributed by atoms with Gasteiger partial charge in [-0.3, -0.25) is 4.79 Å². The SMILES string of the molecule is O=C(C=Cc1ccc(-c2[nH]c(-c3ccc(N4CCCC4)cc3)nc2-c2ccc(C3=NOC(C(=O)O)C3)cc2)cc1)NCCc1ccc(F)cc1. The van der Waals surface area contributed by atoms with Gasteiger partial charge in [0.1, 0.15) is 11.6 Å². The van der Waals surface area contributed by atoms with Gasteiger partial charge >= 0.3 is 5.97 Å². The van der Waals surface area contributed by atoms with Crippen LogP contribution >= 0.6 is 0 Å². The number of anilines is 1. The Bertz CT molecular complexity index is 2030. The van der Waals surface area contributed by atoms with E-state index in [1.165, 1.54) is 36.7 Å². The molecule has 1 aromatic heterocycles. The third-order valence-corrected chi connectivity index (χ3v) is 9.00. The van der Waals surface area contributed by atoms with E-state index in [1.807, 2.05) is 48.5 Å². The number of imidazole rings is 1. The van der Waals surface area contributed by atoms with Gasteiger partial charge in [0, 0.05) is 54.5 Å². The first-order valence-electron chi connectivity index (χ1n) is 16.7. The molecule has 10 heteroatoms. The van der Waals surface area contributed by atoms with Gasteiger partial charge in [-0.15, -0.1) is 0 Å². The molecule has 7 rings (SSSR count). The fourth-order valence-electron chi connectivity index (χ4n) is 6.21. The number of nitrogens with zero attached hydrogens (tertiary/aromatic N) is 3. The number of aromatic amines is 1. The van der Waals surface area contributed by atoms with Gasteiger partial charge in [0.05, 0.1) is 17.1 Å². The highest BCUT2D eigenvalue weighted by molar-refractivity contribution is 6.03. The van der Waals surface area contributed by atoms with E-state index in [2.05, 4.69) is 44.6 Å². The lowest BCUT2D eigenvalue weighted by Gasteiger charge is -2.17. The van der Waals surface area contributed by atoms with Crippen LogP contribution in [0.4, 0.5) is 10.1 Å². The maximum atomic E-state index is 13.1. The number of carbonyl (C=O) groups excluding carboxylic acids is 1. The second-order valence-electron chi connectivity index (χ2n) is 12.4. The number of aromatic nitrogens is 2. The molecule has 0 bridgehead atoms. The molecule has 0 saturated carbocycles. The summed E-state index contributed by atoms with van der Waals surface area (Å²) in [5.41, 5.74) is 8.82. The lowest BCUT2D eigenvalue weighted by atomic mass is 10.00. The zero-order valence-electron chi connectivity index (χ0n) is 27.3. The van der Waals surface area contributed by atoms with Crippen LogP contribution in [0.3, 0.4) is 0 Å². The van der Waals surface area contributed by atoms with Crippen molar-refractivity contribution >= 4 is 29.4 Å². The minimum Gasteiger partial charge on any atom is -0.478 e. The number of carboxylic acid groups (broad SMARTS) is 1. The van der Waals surface area contributed by atoms with Crippen LogP contribution in [0.2, 0.25) is 0 Å². The number of aliphatic carboxylic acids is 1. The van der Waals surface area contributed by atoms with Gasteiger partial charge in [0.2, 0.25) is 12.0 Å². The third kappa shape index (κ3) is 7.49. The van der Waals surface area contributed by atoms with Crippen molar-refractivity contribution in [1.29, 1.82) is 0 Å². The summed E-state index contributed by atoms with van der Waals surface area (Å²) in [6.45, 7) is 2.60. The molecule has 4 aromatic carbocycles. The molecule has 50 heavy (non-hydrogen) atoms. The number of halogens is 1. The van der Waals surface area contributed by atoms with Crippen molar-refractivity contribution in [2.75, 3.05) is 24.5 Å². The molecular weight excluding hydrogens is 633 g/mol. The van der Waals surface area contributed by atoms with Crippen LogP contribution in [0.15, 0.2) is 108 Å². The standard InChI is InChI=1S/C40H36FN5O4/c41-32-16-5-27(6-17-32)21-22-42-36(47)20-7-26-3-8-29(9-4-26)37-38(30-12-10-28(11-13-30)34-25-35(40(48)49)50-45-34)44-39(43-37)31-14-18-33(19-15-31)46-23-1-2-24-46/h3-20,35H,1-2,21-25H2,(H,42,47)(H,43,44)(H,48,49). The van der Waals surface area contributed by atoms with Crippen molar-refractivity contribution in [3.05, 3.63) is 126 Å². The van der Waals surface area contributed by atoms with Gasteiger partial charge in [-0.1, -0.05) is 65.8 Å². The normalized spacial score (nSPS) is 15.7. The number of carboxylic acids is 1. The minimum atomic E-state index is -1.04. The summed E-state index contributed by atoms with van der Waals surface area (Å²) >= 11 is 0. The fraction of sp³-hybridized carbons (Fsp3) is 0.200. The molecule has 252 valence electrons. The summed E-state index contributed by atoms with van der Waals surface area (Å²) in [4.78, 5) is 39.9. The Labute approximate surface area is 289 Å². The van der Waals surface area contributed by atoms with E-state index in [9.17, 15) is 19.1 Å². The average Bonchev–Trinajstić information content (AvgIpc) is 3.94. The van der Waals surface area contributed by atoms with E-state index < -0.39 is 12.1 Å². The van der Waals surface area contributed by atoms with Crippen molar-refractivity contribution in [3.63, 3.8) is 0 Å². The van der Waals surface area contributed by atoms with E-state index in [0.29, 0.717) is 18.7 Å². The van der Waals surface area contributed by atoms with Gasteiger partial charge < -0.3 is 25.1 Å². The summed E-state index contributed by atoms with van der Waals surface area (Å²) < 4.78 is 13.1. The number of nitrogens with one attached hydrogen (secondary N) is 2. The summed E-state index contributed by atoms with van der Waals surface area (Å²) in [7, 11) is 0. The summed E-state index contributed by atoms with van der Waals surface area (Å²) in [5.74, 6) is -0.779. The largest absolute Gasteiger partial charge is 0.478 e. The molecule has 0 aliphatic carbocycles. The number of hydrogen-bond donors (Lipinski definition) is 3. The zero-order valence-corrected chi connectivity index (χ0v) is 27.3. The van der Waals surface area contributed by atoms with Crippen LogP contribution < -0.4 is 10.2 Å². The van der Waals surface area contributed by atoms with E-state index in [4.69, 9.17) is 9.82 Å². The van der Waals surface area contributed by atoms with Crippen molar-refractivity contribution in [2.24, 2.45) is 5.16 Å². The number of H-pyrrole nitrogens is 1. The molecule has 1 fully saturated rings. The van der Waals surface area contributed by atoms with Crippen LogP contribution in [-0.2, 0) is 20.8 Å². The van der Waals surface area contributed by atoms with Gasteiger partial charge in [0.15, 0.2) is 0 Å². The summed E-state index contributed by atoms with van der Waals surface area (Å²) in [6.07, 6.45) is 5.55. The fourth-order valence-corrected chi connectivity index (χ4v) is 6.21. The lowest BCUT2D eigenvalue weighted by molar-refractivity contribution is -0.148. The number of amides is 1. The first kappa shape index (κ1) is 32.5. The third-order valence-electron chi connectivity index (χ3n) is 9.00. The highest BCUT2D eigenvalue weighted by atomic mass is 19.1. The molecule has 2 aliphatic heterocycles. The molecule has 1 atom stereocenters. The number of rotatable bonds is 11. The van der Waals surface area contributed by atoms with Crippen LogP contribution in [0.5, 0.6) is 0 Å². The first-order valence-corrected chi connectivity index (χ1v) is 16.7. The molecular formula is C40H36FN5O4. The Morgan fingerprint density at radius 2 is 1.54 bits per heavy atom. The molecule has 3 heterocycles. The predicted molar refractivity (Wildman–Crippen MR) is 192 cm³/mol. The molecule has 0 radical (unpaired) electrons. The van der Waals surface area contributed by atoms with E-state index >= 15 is 0 Å². The predicted octanol–water partition coefficient (Wildman–Crippen LogP) is 7.10. The molecule has 1 unspecified atom stereocenters. The van der Waals surface area contributed by atoms with Crippen molar-refractivity contribution in [1.82, 2.24) is 15.3 Å². The molecule has 0 spiro atoms. The van der Waals surface area contributed by atoms with Gasteiger partial charge in [-0.25, -0.2) is 14.2 Å². The molecule has 5 aromatic rings. The van der Waals surface area contributed by atoms with Crippen LogP contribution in [0, 0.1) is 5.82 Å². The number of hydrogen-bond acceptors (Lipinski definition) is 6. The quantitative estimate of drug-likeness (QED) is 0.129. The number of oxime groups is 1. The Morgan fingerprint density at radius 1 is 0.880 bits per heavy atom. The highest BCUT2D eigenvalue weighted by Crippen LogP contribution is 2.34. The molecule has 2 aliphatic rings. The van der Waals surface area contributed by atoms with E-state index in [-0.39, 0.29) is 18.1 Å². The van der Waals surface area contributed by atoms with E-state index in [0.717, 1.165) is 63.7 Å². The van der Waals surface area contributed by atoms with Crippen LogP contribution in [0.1, 0.15) is 36.0 Å². The van der Waals surface area contributed by atoms with Gasteiger partial charge in [0.25, 0.3) is 0 Å². The highest BCUT2D eigenvalue weighted by Gasteiger charge is 2.28. The molecule has 1 saturated heterocycles. The first-order chi connectivity index (χ1) is 24.4. The topological polar surface area (TPSA) is 120 Å². The zero-order chi connectivity index (χ0) is 34.5. The molecule has 3 N–H and O–H groups in total. The molecule has 9 nitrogen and oxygen atoms in total. The second kappa shape index (κ2) is 14.6. The number of benzene rings is 4. The molecule has 1 amide bonds. The Morgan fingerprint density at radius 3 is 2.22 bits per heavy atom. The average molecular weight is 670 g/mol. The Kier molecular flexibility index (Phi) is 9.50. The summed E-state index contributed by atoms with van der Waals surface area (Å²) in [5, 5.41) is 16.1. The number of carbonyl (C=O) groups is 2. The monoisotopic (exact) mass is 669 g/mol. The smallest absolute Gasteiger partial charge is 0.348 e. The van der Waals surface area contributed by atoms with Crippen LogP contribution in [-0.4, -0.2) is 58.4 Å². The Hall–Kier alpha value is -6.03. The maximum absolute atomic E-state index is 13.1. The van der Waals surface area contributed by atoms with Gasteiger partial charge in [-0.05, 0) is 78.4 Å². The van der Waals surface area contributed by atoms with Crippen molar-refractivity contribution < 1.29 is 23.9 Å². The maximum Gasteiger partial charge on any atom is 0.348 e. The second-order valence-corrected chi connectivity index (χ2v) is 12.4. The van der Waals surface area contributed by atoms with E-state index in [1.54, 1.807) is 18.2 Å². The van der Waals surface area contributed by atoms with Gasteiger partial charge in [-0.2, -0.15) is 0 Å². The van der Waals surface area contributed by atoms with Crippen molar-refractivity contribution in [2.45, 2.75) is 31.8 Å². The van der Waals surface area contributed by atoms with Crippen LogP contribution in [0.25, 0.3) is 40.0 Å². The van der Waals surface area contributed by atoms with Crippen molar-refractivity contribution in [3.8, 4) is 33.9 Å².